The van der Waals surface area contributed by atoms with Crippen molar-refractivity contribution in [1.82, 2.24) is 5.48 Å². The molecule has 28 heavy (non-hydrogen) atoms. The molecule has 1 atom stereocenters. The predicted molar refractivity (Wildman–Crippen MR) is 100 cm³/mol. The number of hydrogen-bond acceptors (Lipinski definition) is 4. The minimum Gasteiger partial charge on any atom is -0.459 e. The molecule has 158 valence electrons. The third kappa shape index (κ3) is 8.72. The number of halogens is 5. The molecule has 1 unspecified atom stereocenters. The summed E-state index contributed by atoms with van der Waals surface area (Å²) in [4.78, 5) is 12.9. The number of nitrogens with zero attached hydrogens (tertiary/aromatic N) is 2. The Hall–Kier alpha value is -2.11. The Bertz CT molecular complexity index is 730. The molecule has 0 radical (unpaired) electrons. The molecule has 0 heterocycles. The maximum Gasteiger partial charge on any atom is 0.573 e. The number of alkyl halides is 3. The van der Waals surface area contributed by atoms with Crippen LogP contribution >= 0.6 is 23.2 Å². The summed E-state index contributed by atoms with van der Waals surface area (Å²) >= 11 is 11.6. The highest BCUT2D eigenvalue weighted by Gasteiger charge is 2.33. The topological polar surface area (TPSA) is 116 Å². The molecule has 0 saturated heterocycles. The van der Waals surface area contributed by atoms with Crippen molar-refractivity contribution in [3.63, 3.8) is 0 Å². The van der Waals surface area contributed by atoms with Gasteiger partial charge in [-0.15, -0.1) is 13.2 Å². The van der Waals surface area contributed by atoms with Gasteiger partial charge in [-0.3, -0.25) is 0 Å². The fourth-order valence-corrected chi connectivity index (χ4v) is 2.01. The van der Waals surface area contributed by atoms with E-state index in [1.807, 2.05) is 0 Å². The first kappa shape index (κ1) is 23.9. The second kappa shape index (κ2) is 10.4. The summed E-state index contributed by atoms with van der Waals surface area (Å²) < 4.78 is 47.0. The van der Waals surface area contributed by atoms with Gasteiger partial charge in [0.05, 0.1) is 10.0 Å². The minimum atomic E-state index is -4.96. The van der Waals surface area contributed by atoms with E-state index in [1.54, 1.807) is 20.8 Å². The maximum atomic E-state index is 12.6. The van der Waals surface area contributed by atoms with Crippen LogP contribution in [0, 0.1) is 0 Å². The van der Waals surface area contributed by atoms with E-state index in [2.05, 4.69) is 20.2 Å². The monoisotopic (exact) mass is 445 g/mol. The van der Waals surface area contributed by atoms with Gasteiger partial charge in [0, 0.05) is 24.6 Å². The number of hydroxylamine groups is 1. The van der Waals surface area contributed by atoms with E-state index in [0.29, 0.717) is 0 Å². The van der Waals surface area contributed by atoms with Crippen LogP contribution in [-0.4, -0.2) is 30.6 Å². The Labute approximate surface area is 169 Å². The first-order valence-electron chi connectivity index (χ1n) is 7.91. The number of aliphatic imine (C=N–C) groups is 2. The van der Waals surface area contributed by atoms with Crippen molar-refractivity contribution >= 4 is 35.1 Å². The van der Waals surface area contributed by atoms with Crippen LogP contribution in [0.4, 0.5) is 13.2 Å². The molecule has 0 amide bonds. The second-order valence-corrected chi connectivity index (χ2v) is 6.33. The van der Waals surface area contributed by atoms with Crippen LogP contribution < -0.4 is 26.4 Å². The van der Waals surface area contributed by atoms with E-state index in [9.17, 15) is 13.2 Å². The first-order chi connectivity index (χ1) is 12.9. The molecule has 13 heteroatoms. The van der Waals surface area contributed by atoms with Gasteiger partial charge in [0.2, 0.25) is 18.2 Å². The quantitative estimate of drug-likeness (QED) is 0.255. The van der Waals surface area contributed by atoms with E-state index in [4.69, 9.17) is 44.2 Å². The highest BCUT2D eigenvalue weighted by Crippen LogP contribution is 2.39. The summed E-state index contributed by atoms with van der Waals surface area (Å²) in [6, 6.07) is 1.86. The molecule has 0 bridgehead atoms. The zero-order chi connectivity index (χ0) is 21.5. The number of benzene rings is 1. The molecular weight excluding hydrogens is 426 g/mol. The zero-order valence-electron chi connectivity index (χ0n) is 15.2. The molecule has 0 aliphatic carbocycles. The summed E-state index contributed by atoms with van der Waals surface area (Å²) in [6.07, 6.45) is -5.83. The zero-order valence-corrected chi connectivity index (χ0v) is 16.7. The summed E-state index contributed by atoms with van der Waals surface area (Å²) in [7, 11) is 0. The lowest BCUT2D eigenvalue weighted by atomic mass is 10.3. The van der Waals surface area contributed by atoms with Crippen molar-refractivity contribution in [1.29, 1.82) is 0 Å². The van der Waals surface area contributed by atoms with Crippen molar-refractivity contribution in [2.45, 2.75) is 45.9 Å². The van der Waals surface area contributed by atoms with Gasteiger partial charge in [-0.1, -0.05) is 30.1 Å². The molecule has 1 aromatic rings. The van der Waals surface area contributed by atoms with Gasteiger partial charge < -0.3 is 20.9 Å². The summed E-state index contributed by atoms with van der Waals surface area (Å²) in [5, 5.41) is -0.176. The third-order valence-electron chi connectivity index (χ3n) is 2.72. The largest absolute Gasteiger partial charge is 0.573 e. The van der Waals surface area contributed by atoms with E-state index in [-0.39, 0.29) is 40.2 Å². The fraction of sp³-hybridized carbons (Fsp3) is 0.467. The standard InChI is InChI=1S/C15H20Cl2F3N5O3/c1-4-12(28-25-14(22)24-13(21)23-7(2)3)26-10-5-8(16)9(17)6-11(10)27-15(18,19)20/h5-7,12H,4H2,1-3H3,(H5,21,22,23,24,25). The van der Waals surface area contributed by atoms with Gasteiger partial charge in [-0.05, 0) is 13.8 Å². The molecule has 0 saturated carbocycles. The summed E-state index contributed by atoms with van der Waals surface area (Å²) in [6.45, 7) is 5.23. The van der Waals surface area contributed by atoms with Crippen LogP contribution in [0.15, 0.2) is 22.1 Å². The number of guanidine groups is 2. The molecule has 5 N–H and O–H groups in total. The summed E-state index contributed by atoms with van der Waals surface area (Å²) in [5.74, 6) is -1.33. The van der Waals surface area contributed by atoms with Crippen LogP contribution in [0.2, 0.25) is 10.0 Å². The predicted octanol–water partition coefficient (Wildman–Crippen LogP) is 3.57. The van der Waals surface area contributed by atoms with Crippen molar-refractivity contribution in [3.05, 3.63) is 22.2 Å². The number of rotatable bonds is 7. The van der Waals surface area contributed by atoms with Crippen LogP contribution in [-0.2, 0) is 4.84 Å². The van der Waals surface area contributed by atoms with E-state index >= 15 is 0 Å². The van der Waals surface area contributed by atoms with E-state index < -0.39 is 18.4 Å². The van der Waals surface area contributed by atoms with Gasteiger partial charge in [0.1, 0.15) is 0 Å². The van der Waals surface area contributed by atoms with Gasteiger partial charge in [-0.25, -0.2) is 15.3 Å². The van der Waals surface area contributed by atoms with Crippen LogP contribution in [0.5, 0.6) is 11.5 Å². The van der Waals surface area contributed by atoms with Crippen molar-refractivity contribution in [2.24, 2.45) is 21.5 Å². The maximum absolute atomic E-state index is 12.6. The molecular formula is C15H20Cl2F3N5O3. The van der Waals surface area contributed by atoms with E-state index in [1.165, 1.54) is 0 Å². The molecule has 0 spiro atoms. The van der Waals surface area contributed by atoms with Gasteiger partial charge in [-0.2, -0.15) is 4.99 Å². The molecule has 0 aliphatic heterocycles. The fourth-order valence-electron chi connectivity index (χ4n) is 1.70. The molecule has 1 rings (SSSR count). The average Bonchev–Trinajstić information content (AvgIpc) is 2.53. The van der Waals surface area contributed by atoms with Crippen molar-refractivity contribution < 1.29 is 27.5 Å². The lowest BCUT2D eigenvalue weighted by molar-refractivity contribution is -0.275. The Morgan fingerprint density at radius 2 is 1.75 bits per heavy atom. The molecule has 8 nitrogen and oxygen atoms in total. The van der Waals surface area contributed by atoms with Gasteiger partial charge in [0.15, 0.2) is 11.5 Å². The van der Waals surface area contributed by atoms with Gasteiger partial charge in [0.25, 0.3) is 0 Å². The molecule has 0 fully saturated rings. The average molecular weight is 446 g/mol. The second-order valence-electron chi connectivity index (χ2n) is 5.51. The smallest absolute Gasteiger partial charge is 0.459 e. The number of hydrogen-bond donors (Lipinski definition) is 3. The van der Waals surface area contributed by atoms with Crippen LogP contribution in [0.3, 0.4) is 0 Å². The van der Waals surface area contributed by atoms with E-state index in [0.717, 1.165) is 12.1 Å². The summed E-state index contributed by atoms with van der Waals surface area (Å²) in [5.41, 5.74) is 13.4. The third-order valence-corrected chi connectivity index (χ3v) is 3.45. The number of nitrogens with two attached hydrogens (primary N) is 2. The Morgan fingerprint density at radius 1 is 1.18 bits per heavy atom. The highest BCUT2D eigenvalue weighted by molar-refractivity contribution is 6.42. The molecule has 0 aromatic heterocycles. The normalized spacial score (nSPS) is 14.2. The molecule has 0 aliphatic rings. The first-order valence-corrected chi connectivity index (χ1v) is 8.67. The van der Waals surface area contributed by atoms with Crippen LogP contribution in [0.1, 0.15) is 27.2 Å². The minimum absolute atomic E-state index is 0.0345. The Morgan fingerprint density at radius 3 is 2.25 bits per heavy atom. The lowest BCUT2D eigenvalue weighted by Crippen LogP contribution is -2.38. The highest BCUT2D eigenvalue weighted by atomic mass is 35.5. The SMILES string of the molecule is CCC(ONC(N)=NC(N)=NC(C)C)Oc1cc(Cl)c(Cl)cc1OC(F)(F)F. The van der Waals surface area contributed by atoms with Gasteiger partial charge >= 0.3 is 6.36 Å². The number of nitrogens with one attached hydrogen (secondary N) is 1. The van der Waals surface area contributed by atoms with Crippen molar-refractivity contribution in [3.8, 4) is 11.5 Å². The lowest BCUT2D eigenvalue weighted by Gasteiger charge is -2.21. The van der Waals surface area contributed by atoms with Crippen molar-refractivity contribution in [2.75, 3.05) is 0 Å². The Balaban J connectivity index is 2.90. The number of ether oxygens (including phenoxy) is 2. The molecule has 1 aromatic carbocycles. The Kier molecular flexibility index (Phi) is 8.92. The van der Waals surface area contributed by atoms with Crippen LogP contribution in [0.25, 0.3) is 0 Å².